The zero-order valence-electron chi connectivity index (χ0n) is 30.4. The first-order valence-electron chi connectivity index (χ1n) is 17.8. The highest BCUT2D eigenvalue weighted by molar-refractivity contribution is 5.87. The van der Waals surface area contributed by atoms with Crippen molar-refractivity contribution >= 4 is 12.0 Å². The van der Waals surface area contributed by atoms with Gasteiger partial charge in [0.05, 0.1) is 26.9 Å². The van der Waals surface area contributed by atoms with E-state index in [0.29, 0.717) is 11.1 Å². The zero-order chi connectivity index (χ0) is 41.6. The number of esters is 1. The molecule has 0 radical (unpaired) electrons. The molecule has 57 heavy (non-hydrogen) atoms. The summed E-state index contributed by atoms with van der Waals surface area (Å²) in [5, 5.41) is 124. The van der Waals surface area contributed by atoms with Crippen LogP contribution in [0.2, 0.25) is 0 Å². The van der Waals surface area contributed by atoms with Crippen LogP contribution in [0.25, 0.3) is 6.08 Å². The molecule has 0 unspecified atom stereocenters. The quantitative estimate of drug-likeness (QED) is 0.0464. The zero-order valence-corrected chi connectivity index (χ0v) is 30.4. The Bertz CT molecular complexity index is 1640. The number of aliphatic hydroxyl groups excluding tert-OH is 9. The third-order valence-electron chi connectivity index (χ3n) is 9.62. The topological polar surface area (TPSA) is 334 Å². The minimum atomic E-state index is -1.99. The predicted octanol–water partition coefficient (Wildman–Crippen LogP) is -3.92. The van der Waals surface area contributed by atoms with Crippen molar-refractivity contribution < 1.29 is 104 Å². The Hall–Kier alpha value is -3.75. The van der Waals surface area contributed by atoms with Crippen LogP contribution in [0.4, 0.5) is 0 Å². The number of aliphatic hydroxyl groups is 9. The van der Waals surface area contributed by atoms with Gasteiger partial charge in [-0.1, -0.05) is 12.1 Å². The smallest absolute Gasteiger partial charge is 0.330 e. The number of methoxy groups -OCH3 is 1. The first kappa shape index (κ1) is 44.4. The number of carbonyl (C=O) groups is 1. The maximum absolute atomic E-state index is 12.8. The Balaban J connectivity index is 1.43. The molecule has 0 bridgehead atoms. The average Bonchev–Trinajstić information content (AvgIpc) is 3.20. The number of rotatable bonds is 15. The first-order chi connectivity index (χ1) is 27.2. The molecular weight excluding hydrogens is 768 g/mol. The van der Waals surface area contributed by atoms with Gasteiger partial charge in [-0.3, -0.25) is 0 Å². The molecule has 0 aromatic heterocycles. The first-order valence-corrected chi connectivity index (χ1v) is 17.8. The van der Waals surface area contributed by atoms with Crippen molar-refractivity contribution in [3.63, 3.8) is 0 Å². The molecule has 15 atom stereocenters. The van der Waals surface area contributed by atoms with Crippen LogP contribution in [0.15, 0.2) is 42.5 Å². The molecule has 0 spiro atoms. The van der Waals surface area contributed by atoms with E-state index in [1.165, 1.54) is 49.6 Å². The van der Waals surface area contributed by atoms with Crippen LogP contribution < -0.4 is 4.74 Å². The summed E-state index contributed by atoms with van der Waals surface area (Å²) in [6.07, 6.45) is -24.3. The molecule has 21 nitrogen and oxygen atoms in total. The summed E-state index contributed by atoms with van der Waals surface area (Å²) in [6, 6.07) is 8.28. The van der Waals surface area contributed by atoms with Crippen LogP contribution in [0.3, 0.4) is 0 Å². The molecular formula is C36H48O21. The van der Waals surface area contributed by atoms with Crippen LogP contribution in [0.1, 0.15) is 11.1 Å². The monoisotopic (exact) mass is 816 g/mol. The highest BCUT2D eigenvalue weighted by Crippen LogP contribution is 2.35. The lowest BCUT2D eigenvalue weighted by atomic mass is 9.96. The molecule has 318 valence electrons. The van der Waals surface area contributed by atoms with Gasteiger partial charge in [-0.2, -0.15) is 0 Å². The van der Waals surface area contributed by atoms with Crippen LogP contribution in [0, 0.1) is 0 Å². The molecule has 12 N–H and O–H groups in total. The summed E-state index contributed by atoms with van der Waals surface area (Å²) in [4.78, 5) is 12.8. The number of aromatic hydroxyl groups is 3. The van der Waals surface area contributed by atoms with Gasteiger partial charge in [0.15, 0.2) is 41.9 Å². The molecule has 5 rings (SSSR count). The van der Waals surface area contributed by atoms with Gasteiger partial charge in [0.25, 0.3) is 0 Å². The molecule has 21 heteroatoms. The van der Waals surface area contributed by atoms with Gasteiger partial charge in [0.2, 0.25) is 0 Å². The largest absolute Gasteiger partial charge is 0.504 e. The van der Waals surface area contributed by atoms with E-state index in [9.17, 15) is 66.1 Å². The summed E-state index contributed by atoms with van der Waals surface area (Å²) in [5.41, 5.74) is 0.928. The SMILES string of the molecule is COc1cc(/C=C/C(=O)OC[C@H]2O[C@@H](OCCc3ccc(O)c(O)c3)[C@H](O[C@@H]3O[C@H](CO)[C@@H](O)[C@H](O)[C@H]3O)[C@@H](O[C@@H]3O[C@H](CO)[C@@H](O)[C@H](O)[C@H]3O)[C@@H]2O)ccc1O. The number of carbonyl (C=O) groups excluding carboxylic acids is 1. The molecule has 0 amide bonds. The average molecular weight is 817 g/mol. The van der Waals surface area contributed by atoms with Gasteiger partial charge in [0.1, 0.15) is 79.9 Å². The van der Waals surface area contributed by atoms with Crippen molar-refractivity contribution in [2.45, 2.75) is 98.5 Å². The van der Waals surface area contributed by atoms with Crippen molar-refractivity contribution in [1.29, 1.82) is 0 Å². The van der Waals surface area contributed by atoms with Crippen molar-refractivity contribution in [3.05, 3.63) is 53.6 Å². The second kappa shape index (κ2) is 19.8. The van der Waals surface area contributed by atoms with E-state index >= 15 is 0 Å². The number of phenols is 3. The molecule has 3 aliphatic rings. The molecule has 3 fully saturated rings. The summed E-state index contributed by atoms with van der Waals surface area (Å²) in [7, 11) is 1.34. The molecule has 0 saturated carbocycles. The summed E-state index contributed by atoms with van der Waals surface area (Å²) in [5.74, 6) is -1.70. The van der Waals surface area contributed by atoms with Gasteiger partial charge in [-0.15, -0.1) is 0 Å². The fourth-order valence-electron chi connectivity index (χ4n) is 6.32. The van der Waals surface area contributed by atoms with Gasteiger partial charge in [-0.05, 0) is 47.9 Å². The predicted molar refractivity (Wildman–Crippen MR) is 186 cm³/mol. The molecule has 2 aromatic carbocycles. The van der Waals surface area contributed by atoms with E-state index in [2.05, 4.69) is 0 Å². The lowest BCUT2D eigenvalue weighted by molar-refractivity contribution is -0.391. The Morgan fingerprint density at radius 1 is 0.667 bits per heavy atom. The highest BCUT2D eigenvalue weighted by Gasteiger charge is 2.54. The summed E-state index contributed by atoms with van der Waals surface area (Å²) < 4.78 is 45.4. The maximum atomic E-state index is 12.8. The maximum Gasteiger partial charge on any atom is 0.330 e. The van der Waals surface area contributed by atoms with Gasteiger partial charge < -0.3 is 99.2 Å². The Kier molecular flexibility index (Phi) is 15.4. The summed E-state index contributed by atoms with van der Waals surface area (Å²) in [6.45, 7) is -2.59. The molecule has 3 aliphatic heterocycles. The number of hydrogen-bond acceptors (Lipinski definition) is 21. The third kappa shape index (κ3) is 10.5. The van der Waals surface area contributed by atoms with Crippen molar-refractivity contribution in [1.82, 2.24) is 0 Å². The van der Waals surface area contributed by atoms with Crippen LogP contribution in [-0.2, 0) is 44.4 Å². The van der Waals surface area contributed by atoms with Crippen LogP contribution in [0.5, 0.6) is 23.0 Å². The van der Waals surface area contributed by atoms with Crippen molar-refractivity contribution in [2.24, 2.45) is 0 Å². The second-order valence-corrected chi connectivity index (χ2v) is 13.5. The van der Waals surface area contributed by atoms with E-state index in [1.807, 2.05) is 0 Å². The molecule has 2 aromatic rings. The lowest BCUT2D eigenvalue weighted by Crippen LogP contribution is -2.67. The number of benzene rings is 2. The van der Waals surface area contributed by atoms with Gasteiger partial charge >= 0.3 is 5.97 Å². The number of ether oxygens (including phenoxy) is 8. The van der Waals surface area contributed by atoms with E-state index in [1.54, 1.807) is 0 Å². The highest BCUT2D eigenvalue weighted by atomic mass is 16.8. The van der Waals surface area contributed by atoms with Gasteiger partial charge in [-0.25, -0.2) is 4.79 Å². The molecule has 3 saturated heterocycles. The molecule has 3 heterocycles. The standard InChI is InChI=1S/C36H48O21/c1-50-20-11-15(3-6-18(20)40)4-7-24(42)52-14-23-27(45)32(56-34-30(48)28(46)25(43)21(12-37)53-34)33(57-35-31(49)29(47)26(44)22(13-38)54-35)36(55-23)51-9-8-16-2-5-17(39)19(41)10-16/h2-7,10-11,21-23,25-41,43-49H,8-9,12-14H2,1H3/b7-4+/t21-,22-,23-,25-,26-,27-,28+,29+,30-,31-,32+,33-,34+,35+,36-/m1/s1. The van der Waals surface area contributed by atoms with Crippen molar-refractivity contribution in [3.8, 4) is 23.0 Å². The second-order valence-electron chi connectivity index (χ2n) is 13.5. The van der Waals surface area contributed by atoms with Crippen LogP contribution >= 0.6 is 0 Å². The van der Waals surface area contributed by atoms with E-state index < -0.39 is 124 Å². The number of hydrogen-bond donors (Lipinski definition) is 12. The fraction of sp³-hybridized carbons (Fsp3) is 0.583. The molecule has 0 aliphatic carbocycles. The van der Waals surface area contributed by atoms with Crippen LogP contribution in [-0.4, -0.2) is 193 Å². The normalized spacial score (nSPS) is 35.9. The Morgan fingerprint density at radius 3 is 1.82 bits per heavy atom. The Labute approximate surface area is 324 Å². The number of phenolic OH excluding ortho intramolecular Hbond substituents is 3. The fourth-order valence-corrected chi connectivity index (χ4v) is 6.32. The van der Waals surface area contributed by atoms with Crippen molar-refractivity contribution in [2.75, 3.05) is 33.5 Å². The summed E-state index contributed by atoms with van der Waals surface area (Å²) >= 11 is 0. The minimum Gasteiger partial charge on any atom is -0.504 e. The van der Waals surface area contributed by atoms with E-state index in [4.69, 9.17) is 37.9 Å². The minimum absolute atomic E-state index is 0.0632. The lowest BCUT2D eigenvalue weighted by Gasteiger charge is -2.49. The van der Waals surface area contributed by atoms with E-state index in [-0.39, 0.29) is 30.3 Å². The Morgan fingerprint density at radius 2 is 1.25 bits per heavy atom. The van der Waals surface area contributed by atoms with Gasteiger partial charge in [0, 0.05) is 6.08 Å². The third-order valence-corrected chi connectivity index (χ3v) is 9.62. The van der Waals surface area contributed by atoms with E-state index in [0.717, 1.165) is 6.08 Å².